The summed E-state index contributed by atoms with van der Waals surface area (Å²) in [6.07, 6.45) is 23.7. The fourth-order valence-corrected chi connectivity index (χ4v) is 7.60. The molecule has 7 heteroatoms. The largest absolute Gasteiger partial charge is 0.545 e. The van der Waals surface area contributed by atoms with Gasteiger partial charge in [0.2, 0.25) is 0 Å². The van der Waals surface area contributed by atoms with Crippen molar-refractivity contribution in [3.8, 4) is 0 Å². The van der Waals surface area contributed by atoms with Gasteiger partial charge in [0.25, 0.3) is 0 Å². The van der Waals surface area contributed by atoms with E-state index in [1.165, 1.54) is 107 Å². The molecular weight excluding hydrogens is 827 g/mol. The maximum absolute atomic E-state index is 10.7. The van der Waals surface area contributed by atoms with E-state index < -0.39 is 17.9 Å². The van der Waals surface area contributed by atoms with Gasteiger partial charge in [-0.1, -0.05) is 166 Å². The molecule has 0 radical (unpaired) electrons. The second kappa shape index (κ2) is 28.7. The van der Waals surface area contributed by atoms with E-state index in [1.807, 2.05) is 72.8 Å². The molecule has 6 nitrogen and oxygen atoms in total. The Morgan fingerprint density at radius 3 is 0.862 bits per heavy atom. The third-order valence-corrected chi connectivity index (χ3v) is 11.1. The molecule has 0 saturated heterocycles. The summed E-state index contributed by atoms with van der Waals surface area (Å²) >= 11 is 1.72. The van der Waals surface area contributed by atoms with Gasteiger partial charge in [-0.3, -0.25) is 0 Å². The number of carboxylic acid groups (broad SMARTS) is 3. The molecule has 0 bridgehead atoms. The van der Waals surface area contributed by atoms with E-state index in [9.17, 15) is 29.7 Å². The third-order valence-electron chi connectivity index (χ3n) is 10.1. The SMILES string of the molecule is CCCCCCCCCCCCCCCCC[CH2][Sn+3].O=C([O-])c1cccc2ccccc12.O=C([O-])c1cccc2ccccc12.O=C([O-])c1cccc2ccccc12. The Morgan fingerprint density at radius 2 is 0.603 bits per heavy atom. The average molecular weight is 886 g/mol. The van der Waals surface area contributed by atoms with Crippen LogP contribution >= 0.6 is 0 Å². The molecule has 0 amide bonds. The van der Waals surface area contributed by atoms with Crippen LogP contribution in [0.4, 0.5) is 0 Å². The second-order valence-corrected chi connectivity index (χ2v) is 15.9. The summed E-state index contributed by atoms with van der Waals surface area (Å²) in [4.78, 5) is 32.1. The van der Waals surface area contributed by atoms with Crippen LogP contribution < -0.4 is 15.3 Å². The minimum Gasteiger partial charge on any atom is -0.545 e. The number of carbonyl (C=O) groups is 3. The van der Waals surface area contributed by atoms with Crippen molar-refractivity contribution in [2.45, 2.75) is 114 Å². The van der Waals surface area contributed by atoms with Crippen molar-refractivity contribution in [2.24, 2.45) is 0 Å². The zero-order chi connectivity index (χ0) is 41.8. The molecule has 0 aliphatic heterocycles. The minimum atomic E-state index is -1.13. The van der Waals surface area contributed by atoms with Gasteiger partial charge < -0.3 is 29.7 Å². The summed E-state index contributed by atoms with van der Waals surface area (Å²) in [6, 6.07) is 37.5. The summed E-state index contributed by atoms with van der Waals surface area (Å²) in [5, 5.41) is 37.1. The number of rotatable bonds is 19. The number of fused-ring (bicyclic) bond motifs is 3. The van der Waals surface area contributed by atoms with Gasteiger partial charge in [0.1, 0.15) is 0 Å². The normalized spacial score (nSPS) is 10.5. The maximum atomic E-state index is 10.7. The van der Waals surface area contributed by atoms with E-state index in [0.717, 1.165) is 32.3 Å². The zero-order valence-corrected chi connectivity index (χ0v) is 36.9. The molecule has 0 aromatic heterocycles. The average Bonchev–Trinajstić information content (AvgIpc) is 3.25. The molecule has 0 atom stereocenters. The quantitative estimate of drug-likeness (QED) is 0.0590. The molecule has 6 aromatic rings. The molecule has 302 valence electrons. The van der Waals surface area contributed by atoms with Crippen LogP contribution in [-0.2, 0) is 0 Å². The van der Waals surface area contributed by atoms with Crippen molar-refractivity contribution < 1.29 is 29.7 Å². The predicted octanol–water partition coefficient (Wildman–Crippen LogP) is 10.4. The summed E-state index contributed by atoms with van der Waals surface area (Å²) < 4.78 is 1.46. The van der Waals surface area contributed by atoms with Gasteiger partial charge in [-0.25, -0.2) is 0 Å². The Bertz CT molecular complexity index is 1860. The molecule has 0 aliphatic rings. The predicted molar refractivity (Wildman–Crippen MR) is 235 cm³/mol. The summed E-state index contributed by atoms with van der Waals surface area (Å²) in [7, 11) is 0. The molecule has 0 spiro atoms. The van der Waals surface area contributed by atoms with Crippen LogP contribution in [0.5, 0.6) is 0 Å². The van der Waals surface area contributed by atoms with Crippen LogP contribution in [0.2, 0.25) is 4.44 Å². The third kappa shape index (κ3) is 17.4. The Morgan fingerprint density at radius 1 is 0.362 bits per heavy atom. The van der Waals surface area contributed by atoms with Crippen LogP contribution in [0, 0.1) is 0 Å². The van der Waals surface area contributed by atoms with Crippen molar-refractivity contribution in [1.29, 1.82) is 0 Å². The van der Waals surface area contributed by atoms with Crippen molar-refractivity contribution in [3.63, 3.8) is 0 Å². The van der Waals surface area contributed by atoms with Gasteiger partial charge in [-0.05, 0) is 32.3 Å². The van der Waals surface area contributed by atoms with Gasteiger partial charge in [0.15, 0.2) is 0 Å². The van der Waals surface area contributed by atoms with Gasteiger partial charge >= 0.3 is 97.6 Å². The van der Waals surface area contributed by atoms with E-state index in [4.69, 9.17) is 0 Å². The first-order valence-corrected chi connectivity index (χ1v) is 23.0. The standard InChI is InChI=1S/C18H37.3C11H8O2.Sn/c1-3-5-7-9-11-13-15-17-18-16-14-12-10-8-6-4-2;3*12-11(13)10-7-3-5-8-4-1-2-6-9(8)10;/h1,3-18H2,2H3;3*1-7H,(H,12,13);/q;;;;+3/p-3. The van der Waals surface area contributed by atoms with Crippen LogP contribution in [0.25, 0.3) is 32.3 Å². The number of carbonyl (C=O) groups excluding carboxylic acids is 3. The van der Waals surface area contributed by atoms with Crippen molar-refractivity contribution in [3.05, 3.63) is 144 Å². The number of unbranched alkanes of at least 4 members (excludes halogenated alkanes) is 15. The fourth-order valence-electron chi connectivity index (χ4n) is 6.88. The molecule has 58 heavy (non-hydrogen) atoms. The first-order chi connectivity index (χ1) is 28.3. The van der Waals surface area contributed by atoms with Crippen molar-refractivity contribution in [1.82, 2.24) is 0 Å². The molecule has 0 N–H and O–H groups in total. The van der Waals surface area contributed by atoms with Crippen LogP contribution in [0.15, 0.2) is 127 Å². The van der Waals surface area contributed by atoms with Gasteiger partial charge in [-0.15, -0.1) is 0 Å². The van der Waals surface area contributed by atoms with Gasteiger partial charge in [0.05, 0.1) is 17.9 Å². The van der Waals surface area contributed by atoms with E-state index >= 15 is 0 Å². The Labute approximate surface area is 358 Å². The van der Waals surface area contributed by atoms with E-state index in [2.05, 4.69) is 6.92 Å². The number of carboxylic acids is 3. The molecule has 0 saturated carbocycles. The molecule has 0 aliphatic carbocycles. The smallest absolute Gasteiger partial charge is 0.0721 e. The number of benzene rings is 6. The Kier molecular flexibility index (Phi) is 23.6. The van der Waals surface area contributed by atoms with Crippen LogP contribution in [-0.4, -0.2) is 40.4 Å². The first kappa shape index (κ1) is 47.7. The number of aromatic carboxylic acids is 3. The Balaban J connectivity index is 0.000000209. The zero-order valence-electron chi connectivity index (χ0n) is 34.1. The Hall–Kier alpha value is -4.69. The molecule has 0 fully saturated rings. The fraction of sp³-hybridized carbons (Fsp3) is 0.353. The summed E-state index contributed by atoms with van der Waals surface area (Å²) in [5.74, 6) is -3.38. The van der Waals surface area contributed by atoms with Crippen molar-refractivity contribution >= 4 is 72.8 Å². The summed E-state index contributed by atoms with van der Waals surface area (Å²) in [6.45, 7) is 2.30. The van der Waals surface area contributed by atoms with Crippen molar-refractivity contribution in [2.75, 3.05) is 0 Å². The number of hydrogen-bond donors (Lipinski definition) is 0. The monoisotopic (exact) mass is 886 g/mol. The van der Waals surface area contributed by atoms with Crippen LogP contribution in [0.3, 0.4) is 0 Å². The van der Waals surface area contributed by atoms with Crippen LogP contribution in [0.1, 0.15) is 141 Å². The molecule has 0 unspecified atom stereocenters. The summed E-state index contributed by atoms with van der Waals surface area (Å²) in [5.41, 5.74) is 0.745. The molecule has 0 heterocycles. The number of hydrogen-bond acceptors (Lipinski definition) is 6. The molecular formula is C51H58O6Sn. The second-order valence-electron chi connectivity index (χ2n) is 14.5. The minimum absolute atomic E-state index is 0.248. The van der Waals surface area contributed by atoms with Gasteiger partial charge in [-0.2, -0.15) is 0 Å². The van der Waals surface area contributed by atoms with E-state index in [1.54, 1.807) is 77.1 Å². The topological polar surface area (TPSA) is 120 Å². The van der Waals surface area contributed by atoms with E-state index in [0.29, 0.717) is 0 Å². The molecule has 6 aromatic carbocycles. The first-order valence-electron chi connectivity index (χ1n) is 21.0. The molecule has 6 rings (SSSR count). The van der Waals surface area contributed by atoms with E-state index in [-0.39, 0.29) is 16.7 Å². The van der Waals surface area contributed by atoms with Gasteiger partial charge in [0, 0.05) is 16.7 Å². The maximum Gasteiger partial charge on any atom is 0.0721 e.